The number of benzene rings is 4. The fraction of sp³-hybridized carbons (Fsp3) is 0.589. The van der Waals surface area contributed by atoms with Crippen molar-refractivity contribution in [1.82, 2.24) is 0 Å². The number of esters is 4. The first-order valence-corrected chi connectivity index (χ1v) is 35.9. The molecule has 0 bridgehead atoms. The Morgan fingerprint density at radius 2 is 1.16 bits per heavy atom. The maximum absolute atomic E-state index is 14.6. The van der Waals surface area contributed by atoms with Gasteiger partial charge in [0, 0.05) is 12.3 Å². The second-order valence-electron chi connectivity index (χ2n) is 29.1. The Morgan fingerprint density at radius 1 is 0.622 bits per heavy atom. The lowest BCUT2D eigenvalue weighted by Crippen LogP contribution is -2.66. The molecule has 0 amide bonds. The van der Waals surface area contributed by atoms with Crippen LogP contribution < -0.4 is 0 Å². The van der Waals surface area contributed by atoms with E-state index in [1.54, 1.807) is 128 Å². The molecule has 1 N–H and O–H groups in total. The highest BCUT2D eigenvalue weighted by Gasteiger charge is 2.69. The fourth-order valence-corrected chi connectivity index (χ4v) is 17.6. The van der Waals surface area contributed by atoms with Crippen LogP contribution in [-0.2, 0) is 51.8 Å². The molecule has 90 heavy (non-hydrogen) atoms. The minimum atomic E-state index is -2.50. The molecule has 7 fully saturated rings. The number of aliphatic hydroxyl groups excluding tert-OH is 1. The molecule has 5 unspecified atom stereocenters. The average Bonchev–Trinajstić information content (AvgIpc) is 1.49. The Labute approximate surface area is 531 Å². The lowest BCUT2D eigenvalue weighted by Gasteiger charge is -2.58. The van der Waals surface area contributed by atoms with Gasteiger partial charge in [-0.1, -0.05) is 133 Å². The number of hydrogen-bond acceptors (Lipinski definition) is 16. The van der Waals surface area contributed by atoms with Crippen molar-refractivity contribution in [2.24, 2.45) is 46.3 Å². The normalized spacial score (nSPS) is 38.1. The van der Waals surface area contributed by atoms with Crippen molar-refractivity contribution in [2.75, 3.05) is 13.2 Å². The van der Waals surface area contributed by atoms with Gasteiger partial charge < -0.3 is 56.9 Å². The van der Waals surface area contributed by atoms with Crippen LogP contribution in [0.2, 0.25) is 18.1 Å². The molecule has 4 aromatic rings. The van der Waals surface area contributed by atoms with E-state index < -0.39 is 105 Å². The molecular weight excluding hydrogens is 1160 g/mol. The topological polar surface area (TPSA) is 190 Å². The van der Waals surface area contributed by atoms with Crippen LogP contribution in [0.5, 0.6) is 0 Å². The van der Waals surface area contributed by atoms with Gasteiger partial charge in [-0.3, -0.25) is 0 Å². The molecule has 8 aliphatic rings. The van der Waals surface area contributed by atoms with Crippen LogP contribution in [0.3, 0.4) is 0 Å². The van der Waals surface area contributed by atoms with Crippen molar-refractivity contribution < 1.29 is 76.1 Å². The minimum Gasteiger partial charge on any atom is -0.453 e. The van der Waals surface area contributed by atoms with Crippen molar-refractivity contribution in [3.63, 3.8) is 0 Å². The van der Waals surface area contributed by atoms with E-state index in [1.807, 2.05) is 0 Å². The third-order valence-electron chi connectivity index (χ3n) is 22.7. The van der Waals surface area contributed by atoms with E-state index >= 15 is 0 Å². The number of ether oxygens (including phenoxy) is 10. The minimum absolute atomic E-state index is 0.0698. The largest absolute Gasteiger partial charge is 0.453 e. The summed E-state index contributed by atoms with van der Waals surface area (Å²) >= 11 is 0. The maximum Gasteiger partial charge on any atom is 0.338 e. The van der Waals surface area contributed by atoms with Gasteiger partial charge in [-0.2, -0.15) is 0 Å². The van der Waals surface area contributed by atoms with Gasteiger partial charge in [0.15, 0.2) is 57.2 Å². The Kier molecular flexibility index (Phi) is 18.4. The van der Waals surface area contributed by atoms with E-state index in [0.717, 1.165) is 51.6 Å². The van der Waals surface area contributed by atoms with Crippen molar-refractivity contribution in [2.45, 2.75) is 211 Å². The van der Waals surface area contributed by atoms with Gasteiger partial charge in [-0.15, -0.1) is 0 Å². The van der Waals surface area contributed by atoms with E-state index in [1.165, 1.54) is 5.57 Å². The smallest absolute Gasteiger partial charge is 0.338 e. The Hall–Kier alpha value is -5.60. The molecule has 4 aliphatic carbocycles. The second kappa shape index (κ2) is 25.7. The second-order valence-corrected chi connectivity index (χ2v) is 33.9. The highest BCUT2D eigenvalue weighted by molar-refractivity contribution is 6.74. The molecule has 16 nitrogen and oxygen atoms in total. The maximum atomic E-state index is 14.6. The first-order chi connectivity index (χ1) is 43.0. The van der Waals surface area contributed by atoms with Crippen LogP contribution in [0.1, 0.15) is 155 Å². The summed E-state index contributed by atoms with van der Waals surface area (Å²) in [5.74, 6) is -0.767. The van der Waals surface area contributed by atoms with Gasteiger partial charge in [-0.25, -0.2) is 19.2 Å². The molecule has 4 heterocycles. The molecule has 12 rings (SSSR count). The van der Waals surface area contributed by atoms with Crippen LogP contribution in [0.25, 0.3) is 0 Å². The number of allylic oxidation sites excluding steroid dienone is 1. The third kappa shape index (κ3) is 12.5. The molecule has 0 radical (unpaired) electrons. The van der Waals surface area contributed by atoms with Gasteiger partial charge in [0.25, 0.3) is 0 Å². The standard InChI is InChI=1S/C73H92O16Si/c1-43-33-38-73(79-41-43)44(2)57-55(89-73)40-54-52-32-31-50-39-51(34-36-71(50,7)53(52)35-37-72(54,57)8)82-69-62(60(85-65(76)47-25-17-12-18-26-47)58(74)56(83-69)42-80-90(9,10)70(4,5)6)88-68-63(87-67(78)49-29-21-14-22-30-49)61(86-66(77)48-27-19-13-20-28-48)59(45(3)81-68)84-64(75)46-23-15-11-16-24-46/h11-31,43-45,51-63,68-69,74H,32-42H2,1-10H3/t43-,44+,45?,51+,52-,53+,54+,55+,56?,57+,58-,59+,60?,61?,62?,63+,68+,69-,71+,72+,73-/m1/s1. The summed E-state index contributed by atoms with van der Waals surface area (Å²) in [5.41, 5.74) is 2.17. The number of rotatable bonds is 15. The number of aliphatic hydroxyl groups is 1. The first kappa shape index (κ1) is 64.5. The van der Waals surface area contributed by atoms with Crippen LogP contribution in [-0.4, -0.2) is 130 Å². The van der Waals surface area contributed by atoms with E-state index in [2.05, 4.69) is 67.6 Å². The number of hydrogen-bond donors (Lipinski definition) is 1. The molecule has 4 saturated heterocycles. The SMILES string of the molecule is CC1O[C@@H](OC2C(OC(=O)c3ccccc3)[C@H](O)C(CO[Si](C)(C)C(C)(C)C)O[C@H]2O[C@H]2CC[C@@]3(C)C(=CC[C@H]4[C@@H]5C[C@@H]6O[C@]7(CC[C@@H](C)CO7)[C@@H](C)[C@@H]6[C@@]5(C)CC[C@@H]43)C2)[C@@H](OC(=O)c2ccccc2)C(OC(=O)c2ccccc2)[C@H]1OC(=O)c1ccccc1. The van der Waals surface area contributed by atoms with Crippen LogP contribution in [0.4, 0.5) is 0 Å². The van der Waals surface area contributed by atoms with Crippen molar-refractivity contribution >= 4 is 32.2 Å². The summed E-state index contributed by atoms with van der Waals surface area (Å²) in [6, 6.07) is 33.3. The zero-order chi connectivity index (χ0) is 63.5. The lowest BCUT2D eigenvalue weighted by molar-refractivity contribution is -0.367. The van der Waals surface area contributed by atoms with Gasteiger partial charge in [0.2, 0.25) is 0 Å². The predicted molar refractivity (Wildman–Crippen MR) is 336 cm³/mol. The fourth-order valence-electron chi connectivity index (χ4n) is 16.6. The highest BCUT2D eigenvalue weighted by atomic mass is 28.4. The molecule has 4 aliphatic heterocycles. The lowest BCUT2D eigenvalue weighted by atomic mass is 9.47. The Balaban J connectivity index is 0.885. The van der Waals surface area contributed by atoms with Crippen LogP contribution >= 0.6 is 0 Å². The van der Waals surface area contributed by atoms with E-state index in [-0.39, 0.29) is 50.8 Å². The van der Waals surface area contributed by atoms with Gasteiger partial charge in [0.1, 0.15) is 12.2 Å². The van der Waals surface area contributed by atoms with E-state index in [4.69, 9.17) is 51.8 Å². The monoisotopic (exact) mass is 1250 g/mol. The molecule has 21 atom stereocenters. The molecule has 3 saturated carbocycles. The summed E-state index contributed by atoms with van der Waals surface area (Å²) in [6.07, 6.45) is -3.78. The number of carbonyl (C=O) groups is 4. The van der Waals surface area contributed by atoms with Crippen LogP contribution in [0.15, 0.2) is 133 Å². The predicted octanol–water partition coefficient (Wildman–Crippen LogP) is 12.9. The first-order valence-electron chi connectivity index (χ1n) is 33.0. The van der Waals surface area contributed by atoms with Gasteiger partial charge in [0.05, 0.1) is 53.8 Å². The van der Waals surface area contributed by atoms with Gasteiger partial charge >= 0.3 is 23.9 Å². The zero-order valence-electron chi connectivity index (χ0n) is 53.9. The number of fused-ring (bicyclic) bond motifs is 7. The number of carbonyl (C=O) groups excluding carboxylic acids is 4. The molecule has 1 spiro atoms. The summed E-state index contributed by atoms with van der Waals surface area (Å²) in [5, 5.41) is 12.6. The van der Waals surface area contributed by atoms with E-state index in [0.29, 0.717) is 48.3 Å². The van der Waals surface area contributed by atoms with E-state index in [9.17, 15) is 24.3 Å². The highest BCUT2D eigenvalue weighted by Crippen LogP contribution is 2.71. The summed E-state index contributed by atoms with van der Waals surface area (Å²) in [4.78, 5) is 57.6. The quantitative estimate of drug-likeness (QED) is 0.0511. The Morgan fingerprint density at radius 3 is 1.70 bits per heavy atom. The molecule has 0 aromatic heterocycles. The zero-order valence-corrected chi connectivity index (χ0v) is 54.9. The summed E-state index contributed by atoms with van der Waals surface area (Å²) in [6.45, 7) is 22.6. The summed E-state index contributed by atoms with van der Waals surface area (Å²) < 4.78 is 74.4. The molecular formula is C73H92O16Si. The van der Waals surface area contributed by atoms with Crippen LogP contribution in [0, 0.1) is 46.3 Å². The van der Waals surface area contributed by atoms with Crippen molar-refractivity contribution in [3.8, 4) is 0 Å². The Bertz CT molecular complexity index is 3200. The molecule has 4 aromatic carbocycles. The van der Waals surface area contributed by atoms with Crippen molar-refractivity contribution in [3.05, 3.63) is 155 Å². The summed E-state index contributed by atoms with van der Waals surface area (Å²) in [7, 11) is -2.50. The van der Waals surface area contributed by atoms with Gasteiger partial charge in [-0.05, 0) is 165 Å². The van der Waals surface area contributed by atoms with Crippen molar-refractivity contribution in [1.29, 1.82) is 0 Å². The molecule has 484 valence electrons. The molecule has 17 heteroatoms. The third-order valence-corrected chi connectivity index (χ3v) is 27.2. The average molecular weight is 1250 g/mol.